The lowest BCUT2D eigenvalue weighted by atomic mass is 9.91. The number of piperidine rings is 1. The quantitative estimate of drug-likeness (QED) is 0.737. The van der Waals surface area contributed by atoms with Gasteiger partial charge in [0, 0.05) is 24.5 Å². The van der Waals surface area contributed by atoms with Crippen molar-refractivity contribution in [3.8, 4) is 0 Å². The number of rotatable bonds is 6. The van der Waals surface area contributed by atoms with Gasteiger partial charge in [0.05, 0.1) is 18.8 Å². The van der Waals surface area contributed by atoms with Gasteiger partial charge in [-0.25, -0.2) is 4.79 Å². The minimum atomic E-state index is -0.862. The van der Waals surface area contributed by atoms with Crippen LogP contribution in [0.25, 0.3) is 0 Å². The van der Waals surface area contributed by atoms with Crippen LogP contribution in [0.15, 0.2) is 24.3 Å². The number of benzene rings is 1. The van der Waals surface area contributed by atoms with Crippen molar-refractivity contribution in [1.29, 1.82) is 0 Å². The zero-order chi connectivity index (χ0) is 19.1. The van der Waals surface area contributed by atoms with E-state index in [4.69, 9.17) is 0 Å². The number of nitrogens with zero attached hydrogens (tertiary/aromatic N) is 1. The summed E-state index contributed by atoms with van der Waals surface area (Å²) >= 11 is 1.44. The van der Waals surface area contributed by atoms with Crippen molar-refractivity contribution in [2.75, 3.05) is 31.3 Å². The molecule has 0 radical (unpaired) electrons. The van der Waals surface area contributed by atoms with Crippen molar-refractivity contribution < 1.29 is 24.2 Å². The zero-order valence-corrected chi connectivity index (χ0v) is 15.8. The molecule has 142 valence electrons. The van der Waals surface area contributed by atoms with Gasteiger partial charge >= 0.3 is 18.0 Å². The Labute approximate surface area is 157 Å². The first kappa shape index (κ1) is 20.1. The molecule has 0 saturated carbocycles. The molecule has 1 aliphatic heterocycles. The van der Waals surface area contributed by atoms with E-state index in [9.17, 15) is 19.5 Å². The van der Waals surface area contributed by atoms with Crippen molar-refractivity contribution in [2.24, 2.45) is 11.8 Å². The summed E-state index contributed by atoms with van der Waals surface area (Å²) < 4.78 is 4.60. The Morgan fingerprint density at radius 2 is 2.12 bits per heavy atom. The van der Waals surface area contributed by atoms with E-state index in [1.165, 1.54) is 18.9 Å². The number of likely N-dealkylation sites (tertiary alicyclic amines) is 1. The number of carbonyl (C=O) groups is 3. The highest BCUT2D eigenvalue weighted by Gasteiger charge is 2.31. The van der Waals surface area contributed by atoms with E-state index in [-0.39, 0.29) is 30.2 Å². The molecular formula is C18H24N2O5S. The molecule has 1 saturated heterocycles. The van der Waals surface area contributed by atoms with Crippen LogP contribution < -0.4 is 5.32 Å². The van der Waals surface area contributed by atoms with Crippen molar-refractivity contribution in [3.05, 3.63) is 29.8 Å². The van der Waals surface area contributed by atoms with Crippen LogP contribution in [0.2, 0.25) is 0 Å². The molecule has 1 aromatic rings. The molecule has 8 heteroatoms. The molecule has 1 aromatic carbocycles. The number of methoxy groups -OCH3 is 1. The smallest absolute Gasteiger partial charge is 0.321 e. The maximum absolute atomic E-state index is 12.5. The summed E-state index contributed by atoms with van der Waals surface area (Å²) in [6.45, 7) is 2.72. The monoisotopic (exact) mass is 380 g/mol. The number of carboxylic acid groups (broad SMARTS) is 1. The number of hydrogen-bond acceptors (Lipinski definition) is 5. The van der Waals surface area contributed by atoms with Crippen LogP contribution in [0.5, 0.6) is 0 Å². The lowest BCUT2D eigenvalue weighted by Crippen LogP contribution is -2.47. The predicted octanol–water partition coefficient (Wildman–Crippen LogP) is 2.67. The molecule has 1 heterocycles. The summed E-state index contributed by atoms with van der Waals surface area (Å²) in [6.07, 6.45) is 0.589. The van der Waals surface area contributed by atoms with Crippen LogP contribution in [-0.2, 0) is 20.1 Å². The highest BCUT2D eigenvalue weighted by Crippen LogP contribution is 2.23. The number of esters is 1. The van der Waals surface area contributed by atoms with Crippen LogP contribution >= 0.6 is 11.8 Å². The molecule has 1 aliphatic rings. The van der Waals surface area contributed by atoms with E-state index in [0.29, 0.717) is 24.4 Å². The molecule has 2 unspecified atom stereocenters. The number of aliphatic carboxylic acids is 1. The number of anilines is 1. The molecule has 0 aromatic heterocycles. The molecular weight excluding hydrogens is 356 g/mol. The normalized spacial score (nSPS) is 19.7. The third-order valence-corrected chi connectivity index (χ3v) is 5.17. The molecule has 2 N–H and O–H groups in total. The Morgan fingerprint density at radius 1 is 1.35 bits per heavy atom. The van der Waals surface area contributed by atoms with Gasteiger partial charge in [0.25, 0.3) is 0 Å². The van der Waals surface area contributed by atoms with Gasteiger partial charge in [-0.1, -0.05) is 19.1 Å². The van der Waals surface area contributed by atoms with E-state index >= 15 is 0 Å². The zero-order valence-electron chi connectivity index (χ0n) is 14.9. The molecule has 1 fully saturated rings. The summed E-state index contributed by atoms with van der Waals surface area (Å²) in [5.41, 5.74) is 1.63. The number of ether oxygens (including phenoxy) is 1. The second-order valence-electron chi connectivity index (χ2n) is 6.48. The lowest BCUT2D eigenvalue weighted by Gasteiger charge is -2.34. The van der Waals surface area contributed by atoms with Crippen molar-refractivity contribution in [1.82, 2.24) is 4.90 Å². The Hall–Kier alpha value is -2.22. The standard InChI is InChI=1S/C18H24N2O5S/c1-12-6-14(17(22)23)9-20(8-12)18(24)19-15-5-3-4-13(7-15)10-26-11-16(21)25-2/h3-5,7,12,14H,6,8-11H2,1-2H3,(H,19,24)(H,22,23). The number of carboxylic acids is 1. The molecule has 26 heavy (non-hydrogen) atoms. The fourth-order valence-electron chi connectivity index (χ4n) is 2.95. The summed E-state index contributed by atoms with van der Waals surface area (Å²) in [5.74, 6) is -0.608. The first-order valence-corrected chi connectivity index (χ1v) is 9.56. The van der Waals surface area contributed by atoms with E-state index in [0.717, 1.165) is 5.56 Å². The number of urea groups is 1. The maximum atomic E-state index is 12.5. The molecule has 0 aliphatic carbocycles. The Morgan fingerprint density at radius 3 is 2.81 bits per heavy atom. The minimum absolute atomic E-state index is 0.150. The van der Waals surface area contributed by atoms with Gasteiger partial charge in [-0.3, -0.25) is 9.59 Å². The summed E-state index contributed by atoms with van der Waals surface area (Å²) in [4.78, 5) is 36.4. The van der Waals surface area contributed by atoms with Gasteiger partial charge in [-0.05, 0) is 30.0 Å². The average molecular weight is 380 g/mol. The highest BCUT2D eigenvalue weighted by atomic mass is 32.2. The van der Waals surface area contributed by atoms with Gasteiger partial charge < -0.3 is 20.1 Å². The molecule has 0 spiro atoms. The third-order valence-electron chi connectivity index (χ3n) is 4.19. The number of thioether (sulfide) groups is 1. The Bertz CT molecular complexity index is 667. The second-order valence-corrected chi connectivity index (χ2v) is 7.47. The fraction of sp³-hybridized carbons (Fsp3) is 0.500. The molecule has 2 rings (SSSR count). The topological polar surface area (TPSA) is 95.9 Å². The van der Waals surface area contributed by atoms with Crippen LogP contribution in [0.4, 0.5) is 10.5 Å². The van der Waals surface area contributed by atoms with E-state index in [2.05, 4.69) is 10.1 Å². The third kappa shape index (κ3) is 5.94. The Kier molecular flexibility index (Phi) is 7.32. The first-order chi connectivity index (χ1) is 12.4. The van der Waals surface area contributed by atoms with Gasteiger partial charge in [0.15, 0.2) is 0 Å². The second kappa shape index (κ2) is 9.47. The molecule has 7 nitrogen and oxygen atoms in total. The number of hydrogen-bond donors (Lipinski definition) is 2. The lowest BCUT2D eigenvalue weighted by molar-refractivity contribution is -0.143. The molecule has 2 atom stereocenters. The number of nitrogens with one attached hydrogen (secondary N) is 1. The average Bonchev–Trinajstić information content (AvgIpc) is 2.61. The van der Waals surface area contributed by atoms with E-state index < -0.39 is 11.9 Å². The van der Waals surface area contributed by atoms with Gasteiger partial charge in [0.2, 0.25) is 0 Å². The SMILES string of the molecule is COC(=O)CSCc1cccc(NC(=O)N2CC(C)CC(C(=O)O)C2)c1. The molecule has 2 amide bonds. The van der Waals surface area contributed by atoms with Crippen LogP contribution in [0.1, 0.15) is 18.9 Å². The van der Waals surface area contributed by atoms with Gasteiger partial charge in [-0.15, -0.1) is 11.8 Å². The van der Waals surface area contributed by atoms with Crippen LogP contribution in [0.3, 0.4) is 0 Å². The van der Waals surface area contributed by atoms with Crippen molar-refractivity contribution in [2.45, 2.75) is 19.1 Å². The first-order valence-electron chi connectivity index (χ1n) is 8.41. The van der Waals surface area contributed by atoms with Crippen molar-refractivity contribution >= 4 is 35.4 Å². The molecule has 0 bridgehead atoms. The summed E-state index contributed by atoms with van der Waals surface area (Å²) in [5, 5.41) is 12.1. The maximum Gasteiger partial charge on any atom is 0.321 e. The van der Waals surface area contributed by atoms with E-state index in [1.807, 2.05) is 25.1 Å². The number of carbonyl (C=O) groups excluding carboxylic acids is 2. The van der Waals surface area contributed by atoms with Crippen molar-refractivity contribution in [3.63, 3.8) is 0 Å². The summed E-state index contributed by atoms with van der Waals surface area (Å²) in [7, 11) is 1.36. The largest absolute Gasteiger partial charge is 0.481 e. The summed E-state index contributed by atoms with van der Waals surface area (Å²) in [6, 6.07) is 7.10. The predicted molar refractivity (Wildman–Crippen MR) is 100 cm³/mol. The number of amides is 2. The van der Waals surface area contributed by atoms with Crippen LogP contribution in [-0.4, -0.2) is 53.9 Å². The van der Waals surface area contributed by atoms with E-state index in [1.54, 1.807) is 11.0 Å². The van der Waals surface area contributed by atoms with Crippen LogP contribution in [0, 0.1) is 11.8 Å². The van der Waals surface area contributed by atoms with Gasteiger partial charge in [-0.2, -0.15) is 0 Å². The fourth-order valence-corrected chi connectivity index (χ4v) is 3.75. The highest BCUT2D eigenvalue weighted by molar-refractivity contribution is 7.99. The van der Waals surface area contributed by atoms with Gasteiger partial charge in [0.1, 0.15) is 0 Å². The minimum Gasteiger partial charge on any atom is -0.481 e. The Balaban J connectivity index is 1.93.